The molecule has 0 radical (unpaired) electrons. The molecule has 108 valence electrons. The van der Waals surface area contributed by atoms with Gasteiger partial charge in [0.1, 0.15) is 0 Å². The molecule has 0 aliphatic carbocycles. The predicted molar refractivity (Wildman–Crippen MR) is 93.5 cm³/mol. The normalized spacial score (nSPS) is 11.0. The number of rotatable bonds is 5. The Kier molecular flexibility index (Phi) is 4.42. The van der Waals surface area contributed by atoms with Gasteiger partial charge in [-0.2, -0.15) is 0 Å². The van der Waals surface area contributed by atoms with Crippen LogP contribution in [-0.2, 0) is 6.54 Å². The van der Waals surface area contributed by atoms with Crippen molar-refractivity contribution in [3.05, 3.63) is 59.2 Å². The summed E-state index contributed by atoms with van der Waals surface area (Å²) in [5, 5.41) is 5.51. The summed E-state index contributed by atoms with van der Waals surface area (Å²) in [4.78, 5) is 4.57. The molecule has 0 saturated carbocycles. The van der Waals surface area contributed by atoms with E-state index in [2.05, 4.69) is 47.6 Å². The van der Waals surface area contributed by atoms with E-state index in [1.165, 1.54) is 21.5 Å². The second-order valence-electron chi connectivity index (χ2n) is 4.79. The summed E-state index contributed by atoms with van der Waals surface area (Å²) >= 11 is 7.87. The number of hydrogen-bond acceptors (Lipinski definition) is 2. The van der Waals surface area contributed by atoms with Crippen molar-refractivity contribution in [3.8, 4) is 0 Å². The molecule has 1 aromatic heterocycles. The largest absolute Gasteiger partial charge is 0.380 e. The van der Waals surface area contributed by atoms with Crippen LogP contribution in [0, 0.1) is 0 Å². The van der Waals surface area contributed by atoms with Crippen molar-refractivity contribution in [3.63, 3.8) is 0 Å². The number of H-pyrrole nitrogens is 1. The molecule has 0 aliphatic heterocycles. The lowest BCUT2D eigenvalue weighted by molar-refractivity contribution is 1.14. The first-order chi connectivity index (χ1) is 10.3. The standard InChI is InChI=1S/C17H17ClN2S/c1-2-21-17-6-4-3-5-15(17)19-10-12-11-20-16-9-13(18)7-8-14(12)16/h3-9,11,19-20H,2,10H2,1H3. The molecule has 0 aliphatic rings. The van der Waals surface area contributed by atoms with Crippen molar-refractivity contribution in [1.82, 2.24) is 4.98 Å². The summed E-state index contributed by atoms with van der Waals surface area (Å²) in [5.74, 6) is 1.07. The molecule has 3 aromatic rings. The third-order valence-electron chi connectivity index (χ3n) is 3.39. The van der Waals surface area contributed by atoms with Gasteiger partial charge in [0, 0.05) is 39.3 Å². The highest BCUT2D eigenvalue weighted by Gasteiger charge is 2.06. The Morgan fingerprint density at radius 2 is 2.05 bits per heavy atom. The van der Waals surface area contributed by atoms with Crippen LogP contribution in [0.25, 0.3) is 10.9 Å². The second-order valence-corrected chi connectivity index (χ2v) is 6.53. The van der Waals surface area contributed by atoms with Gasteiger partial charge in [0.05, 0.1) is 0 Å². The Balaban J connectivity index is 1.80. The van der Waals surface area contributed by atoms with Gasteiger partial charge >= 0.3 is 0 Å². The van der Waals surface area contributed by atoms with Crippen LogP contribution in [0.5, 0.6) is 0 Å². The van der Waals surface area contributed by atoms with Crippen LogP contribution in [0.2, 0.25) is 5.02 Å². The molecule has 2 aromatic carbocycles. The third kappa shape index (κ3) is 3.20. The van der Waals surface area contributed by atoms with Gasteiger partial charge in [-0.15, -0.1) is 11.8 Å². The minimum atomic E-state index is 0.758. The number of aromatic amines is 1. The number of nitrogens with one attached hydrogen (secondary N) is 2. The Morgan fingerprint density at radius 3 is 2.90 bits per heavy atom. The first-order valence-corrected chi connectivity index (χ1v) is 8.35. The summed E-state index contributed by atoms with van der Waals surface area (Å²) in [6, 6.07) is 14.4. The van der Waals surface area contributed by atoms with Crippen LogP contribution in [0.3, 0.4) is 0 Å². The molecule has 2 N–H and O–H groups in total. The van der Waals surface area contributed by atoms with Crippen LogP contribution in [0.1, 0.15) is 12.5 Å². The van der Waals surface area contributed by atoms with Crippen molar-refractivity contribution < 1.29 is 0 Å². The molecule has 21 heavy (non-hydrogen) atoms. The topological polar surface area (TPSA) is 27.8 Å². The van der Waals surface area contributed by atoms with E-state index in [1.807, 2.05) is 30.1 Å². The lowest BCUT2D eigenvalue weighted by atomic mass is 10.1. The van der Waals surface area contributed by atoms with E-state index in [-0.39, 0.29) is 0 Å². The zero-order valence-corrected chi connectivity index (χ0v) is 13.4. The van der Waals surface area contributed by atoms with Crippen molar-refractivity contribution in [2.24, 2.45) is 0 Å². The molecule has 4 heteroatoms. The monoisotopic (exact) mass is 316 g/mol. The molecular formula is C17H17ClN2S. The van der Waals surface area contributed by atoms with Crippen LogP contribution in [0.15, 0.2) is 53.6 Å². The minimum absolute atomic E-state index is 0.758. The fourth-order valence-electron chi connectivity index (χ4n) is 2.39. The molecule has 0 saturated heterocycles. The highest BCUT2D eigenvalue weighted by molar-refractivity contribution is 7.99. The molecule has 0 fully saturated rings. The Morgan fingerprint density at radius 1 is 1.19 bits per heavy atom. The lowest BCUT2D eigenvalue weighted by Crippen LogP contribution is -1.99. The summed E-state index contributed by atoms with van der Waals surface area (Å²) in [6.45, 7) is 2.97. The van der Waals surface area contributed by atoms with Gasteiger partial charge in [-0.1, -0.05) is 36.7 Å². The number of benzene rings is 2. The molecule has 0 bridgehead atoms. The molecule has 2 nitrogen and oxygen atoms in total. The number of thioether (sulfide) groups is 1. The van der Waals surface area contributed by atoms with E-state index >= 15 is 0 Å². The Bertz CT molecular complexity index is 751. The number of hydrogen-bond donors (Lipinski definition) is 2. The van der Waals surface area contributed by atoms with E-state index in [0.29, 0.717) is 0 Å². The molecule has 0 amide bonds. The molecular weight excluding hydrogens is 300 g/mol. The predicted octanol–water partition coefficient (Wildman–Crippen LogP) is 5.55. The summed E-state index contributed by atoms with van der Waals surface area (Å²) < 4.78 is 0. The van der Waals surface area contributed by atoms with Crippen LogP contribution in [-0.4, -0.2) is 10.7 Å². The number of anilines is 1. The maximum atomic E-state index is 6.02. The quantitative estimate of drug-likeness (QED) is 0.604. The van der Waals surface area contributed by atoms with Crippen LogP contribution >= 0.6 is 23.4 Å². The zero-order chi connectivity index (χ0) is 14.7. The van der Waals surface area contributed by atoms with Crippen molar-refractivity contribution in [2.45, 2.75) is 18.4 Å². The van der Waals surface area contributed by atoms with Crippen molar-refractivity contribution in [1.29, 1.82) is 0 Å². The minimum Gasteiger partial charge on any atom is -0.380 e. The average molecular weight is 317 g/mol. The first-order valence-electron chi connectivity index (χ1n) is 6.99. The van der Waals surface area contributed by atoms with Gasteiger partial charge < -0.3 is 10.3 Å². The summed E-state index contributed by atoms with van der Waals surface area (Å²) in [7, 11) is 0. The molecule has 0 spiro atoms. The van der Waals surface area contributed by atoms with Gasteiger partial charge in [0.15, 0.2) is 0 Å². The molecule has 1 heterocycles. The van der Waals surface area contributed by atoms with E-state index in [9.17, 15) is 0 Å². The zero-order valence-electron chi connectivity index (χ0n) is 11.8. The van der Waals surface area contributed by atoms with Gasteiger partial charge in [-0.3, -0.25) is 0 Å². The van der Waals surface area contributed by atoms with E-state index < -0.39 is 0 Å². The molecule has 0 atom stereocenters. The van der Waals surface area contributed by atoms with Gasteiger partial charge in [0.2, 0.25) is 0 Å². The lowest BCUT2D eigenvalue weighted by Gasteiger charge is -2.10. The second kappa shape index (κ2) is 6.46. The highest BCUT2D eigenvalue weighted by Crippen LogP contribution is 2.28. The van der Waals surface area contributed by atoms with E-state index in [4.69, 9.17) is 11.6 Å². The Labute approximate surface area is 133 Å². The van der Waals surface area contributed by atoms with E-state index in [0.717, 1.165) is 22.8 Å². The van der Waals surface area contributed by atoms with Gasteiger partial charge in [0.25, 0.3) is 0 Å². The average Bonchev–Trinajstić information content (AvgIpc) is 2.89. The molecule has 0 unspecified atom stereocenters. The maximum absolute atomic E-state index is 6.02. The van der Waals surface area contributed by atoms with Crippen molar-refractivity contribution >= 4 is 40.0 Å². The SMILES string of the molecule is CCSc1ccccc1NCc1c[nH]c2cc(Cl)ccc12. The Hall–Kier alpha value is -1.58. The fraction of sp³-hybridized carbons (Fsp3) is 0.176. The van der Waals surface area contributed by atoms with Crippen LogP contribution < -0.4 is 5.32 Å². The van der Waals surface area contributed by atoms with Gasteiger partial charge in [-0.05, 0) is 35.6 Å². The fourth-order valence-corrected chi connectivity index (χ4v) is 3.34. The summed E-state index contributed by atoms with van der Waals surface area (Å²) in [6.07, 6.45) is 2.05. The van der Waals surface area contributed by atoms with Gasteiger partial charge in [-0.25, -0.2) is 0 Å². The summed E-state index contributed by atoms with van der Waals surface area (Å²) in [5.41, 5.74) is 3.51. The number of para-hydroxylation sites is 1. The maximum Gasteiger partial charge on any atom is 0.0481 e. The molecule has 3 rings (SSSR count). The van der Waals surface area contributed by atoms with E-state index in [1.54, 1.807) is 0 Å². The number of aromatic nitrogens is 1. The number of fused-ring (bicyclic) bond motifs is 1. The number of halogens is 1. The highest BCUT2D eigenvalue weighted by atomic mass is 35.5. The third-order valence-corrected chi connectivity index (χ3v) is 4.58. The van der Waals surface area contributed by atoms with Crippen molar-refractivity contribution in [2.75, 3.05) is 11.1 Å². The van der Waals surface area contributed by atoms with Crippen LogP contribution in [0.4, 0.5) is 5.69 Å². The smallest absolute Gasteiger partial charge is 0.0481 e. The first kappa shape index (κ1) is 14.4.